The zero-order chi connectivity index (χ0) is 13.9. The van der Waals surface area contributed by atoms with Crippen molar-refractivity contribution in [3.63, 3.8) is 0 Å². The van der Waals surface area contributed by atoms with Gasteiger partial charge in [0.1, 0.15) is 0 Å². The van der Waals surface area contributed by atoms with Crippen molar-refractivity contribution in [3.05, 3.63) is 63.4 Å². The standard InChI is InChI=1S/C16H15ClN2S/c1-18-15(16-13(17)7-9-20-16)10-11-6-8-19-14-5-3-2-4-12(11)14/h2-9,15,18H,10H2,1H3. The van der Waals surface area contributed by atoms with Crippen LogP contribution in [0, 0.1) is 0 Å². The fourth-order valence-corrected chi connectivity index (χ4v) is 3.73. The van der Waals surface area contributed by atoms with Gasteiger partial charge >= 0.3 is 0 Å². The van der Waals surface area contributed by atoms with Crippen molar-refractivity contribution >= 4 is 33.8 Å². The van der Waals surface area contributed by atoms with Gasteiger partial charge in [0.25, 0.3) is 0 Å². The molecule has 0 aliphatic heterocycles. The van der Waals surface area contributed by atoms with Gasteiger partial charge in [0.2, 0.25) is 0 Å². The van der Waals surface area contributed by atoms with Crippen LogP contribution in [-0.2, 0) is 6.42 Å². The third-order valence-corrected chi connectivity index (χ3v) is 4.95. The SMILES string of the molecule is CNC(Cc1ccnc2ccccc12)c1sccc1Cl. The maximum atomic E-state index is 6.26. The Bertz CT molecular complexity index is 718. The third-order valence-electron chi connectivity index (χ3n) is 3.47. The Morgan fingerprint density at radius 1 is 1.25 bits per heavy atom. The molecule has 4 heteroatoms. The smallest absolute Gasteiger partial charge is 0.0704 e. The number of nitrogens with zero attached hydrogens (tertiary/aromatic N) is 1. The van der Waals surface area contributed by atoms with Crippen LogP contribution in [0.15, 0.2) is 48.0 Å². The van der Waals surface area contributed by atoms with Gasteiger partial charge < -0.3 is 5.32 Å². The number of para-hydroxylation sites is 1. The van der Waals surface area contributed by atoms with E-state index in [0.29, 0.717) is 0 Å². The molecule has 3 aromatic rings. The van der Waals surface area contributed by atoms with Crippen LogP contribution < -0.4 is 5.32 Å². The number of halogens is 1. The molecule has 0 saturated heterocycles. The second kappa shape index (κ2) is 5.92. The lowest BCUT2D eigenvalue weighted by molar-refractivity contribution is 0.604. The van der Waals surface area contributed by atoms with Gasteiger partial charge in [-0.2, -0.15) is 0 Å². The first-order valence-corrected chi connectivity index (χ1v) is 7.78. The Hall–Kier alpha value is -1.42. The molecule has 1 N–H and O–H groups in total. The topological polar surface area (TPSA) is 24.9 Å². The van der Waals surface area contributed by atoms with Crippen LogP contribution in [0.3, 0.4) is 0 Å². The zero-order valence-electron chi connectivity index (χ0n) is 11.1. The molecule has 102 valence electrons. The molecular formula is C16H15ClN2S. The molecule has 1 atom stereocenters. The van der Waals surface area contributed by atoms with E-state index in [4.69, 9.17) is 11.6 Å². The number of benzene rings is 1. The summed E-state index contributed by atoms with van der Waals surface area (Å²) >= 11 is 7.95. The summed E-state index contributed by atoms with van der Waals surface area (Å²) in [6.07, 6.45) is 2.78. The zero-order valence-corrected chi connectivity index (χ0v) is 12.7. The van der Waals surface area contributed by atoms with Crippen LogP contribution in [0.4, 0.5) is 0 Å². The molecule has 0 aliphatic carbocycles. The van der Waals surface area contributed by atoms with E-state index in [0.717, 1.165) is 17.0 Å². The number of fused-ring (bicyclic) bond motifs is 1. The molecule has 1 unspecified atom stereocenters. The minimum Gasteiger partial charge on any atom is -0.312 e. The molecular weight excluding hydrogens is 288 g/mol. The van der Waals surface area contributed by atoms with Crippen molar-refractivity contribution in [1.82, 2.24) is 10.3 Å². The second-order valence-corrected chi connectivity index (χ2v) is 6.02. The normalized spacial score (nSPS) is 12.7. The lowest BCUT2D eigenvalue weighted by Crippen LogP contribution is -2.18. The number of hydrogen-bond acceptors (Lipinski definition) is 3. The van der Waals surface area contributed by atoms with Crippen molar-refractivity contribution in [3.8, 4) is 0 Å². The highest BCUT2D eigenvalue weighted by Crippen LogP contribution is 2.31. The number of hydrogen-bond donors (Lipinski definition) is 1. The van der Waals surface area contributed by atoms with E-state index in [1.54, 1.807) is 11.3 Å². The molecule has 20 heavy (non-hydrogen) atoms. The fourth-order valence-electron chi connectivity index (χ4n) is 2.43. The first kappa shape index (κ1) is 13.6. The third kappa shape index (κ3) is 2.57. The van der Waals surface area contributed by atoms with Crippen molar-refractivity contribution in [1.29, 1.82) is 0 Å². The maximum absolute atomic E-state index is 6.26. The van der Waals surface area contributed by atoms with Crippen LogP contribution in [0.25, 0.3) is 10.9 Å². The van der Waals surface area contributed by atoms with E-state index in [9.17, 15) is 0 Å². The minimum atomic E-state index is 0.230. The van der Waals surface area contributed by atoms with Crippen molar-refractivity contribution in [2.45, 2.75) is 12.5 Å². The van der Waals surface area contributed by atoms with Crippen molar-refractivity contribution in [2.24, 2.45) is 0 Å². The fraction of sp³-hybridized carbons (Fsp3) is 0.188. The molecule has 0 amide bonds. The van der Waals surface area contributed by atoms with Crippen LogP contribution in [-0.4, -0.2) is 12.0 Å². The largest absolute Gasteiger partial charge is 0.312 e. The van der Waals surface area contributed by atoms with Gasteiger partial charge in [-0.3, -0.25) is 4.98 Å². The van der Waals surface area contributed by atoms with Crippen LogP contribution in [0.2, 0.25) is 5.02 Å². The maximum Gasteiger partial charge on any atom is 0.0704 e. The van der Waals surface area contributed by atoms with Gasteiger partial charge in [-0.1, -0.05) is 29.8 Å². The van der Waals surface area contributed by atoms with Gasteiger partial charge in [-0.15, -0.1) is 11.3 Å². The Kier molecular flexibility index (Phi) is 4.01. The molecule has 1 aromatic carbocycles. The van der Waals surface area contributed by atoms with E-state index in [1.165, 1.54) is 15.8 Å². The molecule has 0 spiro atoms. The highest BCUT2D eigenvalue weighted by atomic mass is 35.5. The second-order valence-electron chi connectivity index (χ2n) is 4.67. The molecule has 0 aliphatic rings. The summed E-state index contributed by atoms with van der Waals surface area (Å²) in [7, 11) is 1.98. The summed E-state index contributed by atoms with van der Waals surface area (Å²) in [6.45, 7) is 0. The van der Waals surface area contributed by atoms with E-state index < -0.39 is 0 Å². The highest BCUT2D eigenvalue weighted by Gasteiger charge is 2.16. The van der Waals surface area contributed by atoms with Crippen molar-refractivity contribution in [2.75, 3.05) is 7.05 Å². The molecule has 0 bridgehead atoms. The summed E-state index contributed by atoms with van der Waals surface area (Å²) in [5, 5.41) is 7.45. The molecule has 3 rings (SSSR count). The molecule has 2 nitrogen and oxygen atoms in total. The van der Waals surface area contributed by atoms with Crippen LogP contribution in [0.5, 0.6) is 0 Å². The number of pyridine rings is 1. The van der Waals surface area contributed by atoms with E-state index in [2.05, 4.69) is 28.5 Å². The predicted molar refractivity (Wildman–Crippen MR) is 86.6 cm³/mol. The van der Waals surface area contributed by atoms with Crippen molar-refractivity contribution < 1.29 is 0 Å². The number of thiophene rings is 1. The number of nitrogens with one attached hydrogen (secondary N) is 1. The summed E-state index contributed by atoms with van der Waals surface area (Å²) in [4.78, 5) is 5.60. The summed E-state index contributed by atoms with van der Waals surface area (Å²) in [5.41, 5.74) is 2.33. The Morgan fingerprint density at radius 3 is 2.85 bits per heavy atom. The van der Waals surface area contributed by atoms with Gasteiger partial charge in [0, 0.05) is 22.5 Å². The summed E-state index contributed by atoms with van der Waals surface area (Å²) in [6, 6.07) is 12.5. The van der Waals surface area contributed by atoms with E-state index >= 15 is 0 Å². The molecule has 0 fully saturated rings. The number of aromatic nitrogens is 1. The lowest BCUT2D eigenvalue weighted by Gasteiger charge is -2.16. The van der Waals surface area contributed by atoms with Gasteiger partial charge in [-0.25, -0.2) is 0 Å². The summed E-state index contributed by atoms with van der Waals surface area (Å²) < 4.78 is 0. The van der Waals surface area contributed by atoms with E-state index in [-0.39, 0.29) is 6.04 Å². The minimum absolute atomic E-state index is 0.230. The lowest BCUT2D eigenvalue weighted by atomic mass is 10.0. The Labute approximate surface area is 127 Å². The highest BCUT2D eigenvalue weighted by molar-refractivity contribution is 7.10. The first-order valence-electron chi connectivity index (χ1n) is 6.52. The van der Waals surface area contributed by atoms with E-state index in [1.807, 2.05) is 36.8 Å². The monoisotopic (exact) mass is 302 g/mol. The molecule has 0 radical (unpaired) electrons. The summed E-state index contributed by atoms with van der Waals surface area (Å²) in [5.74, 6) is 0. The molecule has 2 aromatic heterocycles. The van der Waals surface area contributed by atoms with Crippen LogP contribution in [0.1, 0.15) is 16.5 Å². The Balaban J connectivity index is 1.98. The molecule has 0 saturated carbocycles. The quantitative estimate of drug-likeness (QED) is 0.770. The van der Waals surface area contributed by atoms with Gasteiger partial charge in [0.15, 0.2) is 0 Å². The average molecular weight is 303 g/mol. The average Bonchev–Trinajstić information content (AvgIpc) is 2.91. The number of rotatable bonds is 4. The van der Waals surface area contributed by atoms with Gasteiger partial charge in [-0.05, 0) is 42.6 Å². The van der Waals surface area contributed by atoms with Gasteiger partial charge in [0.05, 0.1) is 10.5 Å². The Morgan fingerprint density at radius 2 is 2.10 bits per heavy atom. The predicted octanol–water partition coefficient (Wildman–Crippen LogP) is 4.45. The first-order chi connectivity index (χ1) is 9.79. The molecule has 2 heterocycles. The number of likely N-dealkylation sites (N-methyl/N-ethyl adjacent to an activating group) is 1. The van der Waals surface area contributed by atoms with Crippen LogP contribution >= 0.6 is 22.9 Å².